The number of hydrogen-bond donors (Lipinski definition) is 0. The van der Waals surface area contributed by atoms with E-state index in [0.717, 1.165) is 0 Å². The maximum Gasteiger partial charge on any atom is 0.264 e. The lowest BCUT2D eigenvalue weighted by Gasteiger charge is -2.10. The number of rotatable bonds is 5. The van der Waals surface area contributed by atoms with Crippen molar-refractivity contribution in [1.82, 2.24) is 10.1 Å². The van der Waals surface area contributed by atoms with E-state index in [2.05, 4.69) is 16.2 Å². The Kier molecular flexibility index (Phi) is 3.98. The molecule has 0 saturated carbocycles. The van der Waals surface area contributed by atoms with E-state index in [-0.39, 0.29) is 6.61 Å². The highest BCUT2D eigenvalue weighted by Crippen LogP contribution is 2.28. The maximum absolute atomic E-state index is 8.85. The zero-order valence-electron chi connectivity index (χ0n) is 10.7. The predicted molar refractivity (Wildman–Crippen MR) is 65.7 cm³/mol. The largest absolute Gasteiger partial charge is 0.490 e. The van der Waals surface area contributed by atoms with E-state index in [1.54, 1.807) is 25.1 Å². The van der Waals surface area contributed by atoms with E-state index in [1.165, 1.54) is 0 Å². The summed E-state index contributed by atoms with van der Waals surface area (Å²) in [6.07, 6.45) is 0. The standard InChI is InChI=1S/C13H13N3O3/c1-3-17-12-6-10(7-14)4-5-11(12)18-8-13-15-9(2)16-19-13/h4-6H,3,8H2,1-2H3. The molecule has 1 aromatic carbocycles. The smallest absolute Gasteiger partial charge is 0.264 e. The topological polar surface area (TPSA) is 81.2 Å². The van der Waals surface area contributed by atoms with Crippen molar-refractivity contribution in [3.63, 3.8) is 0 Å². The summed E-state index contributed by atoms with van der Waals surface area (Å²) >= 11 is 0. The molecule has 0 aliphatic heterocycles. The van der Waals surface area contributed by atoms with E-state index in [1.807, 2.05) is 6.92 Å². The van der Waals surface area contributed by atoms with Crippen molar-refractivity contribution in [1.29, 1.82) is 5.26 Å². The molecule has 0 aliphatic rings. The van der Waals surface area contributed by atoms with E-state index in [9.17, 15) is 0 Å². The monoisotopic (exact) mass is 259 g/mol. The van der Waals surface area contributed by atoms with E-state index in [0.29, 0.717) is 35.4 Å². The van der Waals surface area contributed by atoms with Gasteiger partial charge in [-0.2, -0.15) is 10.2 Å². The summed E-state index contributed by atoms with van der Waals surface area (Å²) in [5.41, 5.74) is 0.518. The molecule has 0 radical (unpaired) electrons. The first-order chi connectivity index (χ1) is 9.22. The molecule has 1 aromatic heterocycles. The first-order valence-electron chi connectivity index (χ1n) is 5.82. The van der Waals surface area contributed by atoms with Crippen LogP contribution in [0.15, 0.2) is 22.7 Å². The second kappa shape index (κ2) is 5.87. The quantitative estimate of drug-likeness (QED) is 0.819. The molecule has 0 atom stereocenters. The highest BCUT2D eigenvalue weighted by molar-refractivity contribution is 5.46. The molecule has 0 fully saturated rings. The third kappa shape index (κ3) is 3.22. The number of hydrogen-bond acceptors (Lipinski definition) is 6. The Hall–Kier alpha value is -2.55. The molecular weight excluding hydrogens is 246 g/mol. The van der Waals surface area contributed by atoms with Crippen LogP contribution >= 0.6 is 0 Å². The van der Waals surface area contributed by atoms with Gasteiger partial charge in [-0.1, -0.05) is 5.16 Å². The summed E-state index contributed by atoms with van der Waals surface area (Å²) in [6.45, 7) is 4.25. The summed E-state index contributed by atoms with van der Waals surface area (Å²) in [6, 6.07) is 7.04. The van der Waals surface area contributed by atoms with Gasteiger partial charge in [-0.15, -0.1) is 0 Å². The Labute approximate surface area is 110 Å². The minimum atomic E-state index is 0.160. The Morgan fingerprint density at radius 1 is 1.32 bits per heavy atom. The van der Waals surface area contributed by atoms with Crippen LogP contribution in [0, 0.1) is 18.3 Å². The summed E-state index contributed by atoms with van der Waals surface area (Å²) in [4.78, 5) is 4.04. The van der Waals surface area contributed by atoms with Gasteiger partial charge in [0.15, 0.2) is 23.9 Å². The summed E-state index contributed by atoms with van der Waals surface area (Å²) < 4.78 is 15.9. The van der Waals surface area contributed by atoms with Gasteiger partial charge in [0, 0.05) is 6.07 Å². The van der Waals surface area contributed by atoms with Crippen molar-refractivity contribution in [3.8, 4) is 17.6 Å². The van der Waals surface area contributed by atoms with Gasteiger partial charge in [-0.05, 0) is 26.0 Å². The molecular formula is C13H13N3O3. The maximum atomic E-state index is 8.85. The van der Waals surface area contributed by atoms with Gasteiger partial charge < -0.3 is 14.0 Å². The molecule has 0 amide bonds. The molecule has 0 unspecified atom stereocenters. The van der Waals surface area contributed by atoms with Gasteiger partial charge in [-0.25, -0.2) is 0 Å². The average Bonchev–Trinajstić information content (AvgIpc) is 2.83. The van der Waals surface area contributed by atoms with Crippen LogP contribution in [0.3, 0.4) is 0 Å². The fourth-order valence-electron chi connectivity index (χ4n) is 1.50. The molecule has 0 N–H and O–H groups in total. The molecule has 0 aliphatic carbocycles. The number of benzene rings is 1. The van der Waals surface area contributed by atoms with E-state index in [4.69, 9.17) is 19.3 Å². The van der Waals surface area contributed by atoms with Crippen LogP contribution in [0.25, 0.3) is 0 Å². The molecule has 2 aromatic rings. The van der Waals surface area contributed by atoms with Crippen LogP contribution in [0.5, 0.6) is 11.5 Å². The Morgan fingerprint density at radius 2 is 2.16 bits per heavy atom. The summed E-state index contributed by atoms with van der Waals surface area (Å²) in [5, 5.41) is 12.5. The molecule has 19 heavy (non-hydrogen) atoms. The van der Waals surface area contributed by atoms with Crippen LogP contribution < -0.4 is 9.47 Å². The van der Waals surface area contributed by atoms with Gasteiger partial charge in [0.1, 0.15) is 0 Å². The molecule has 1 heterocycles. The highest BCUT2D eigenvalue weighted by atomic mass is 16.5. The van der Waals surface area contributed by atoms with Gasteiger partial charge in [-0.3, -0.25) is 0 Å². The van der Waals surface area contributed by atoms with Crippen molar-refractivity contribution in [2.45, 2.75) is 20.5 Å². The molecule has 0 spiro atoms. The minimum absolute atomic E-state index is 0.160. The zero-order chi connectivity index (χ0) is 13.7. The van der Waals surface area contributed by atoms with Crippen molar-refractivity contribution in [3.05, 3.63) is 35.5 Å². The first kappa shape index (κ1) is 12.9. The first-order valence-corrected chi connectivity index (χ1v) is 5.82. The molecule has 0 saturated heterocycles. The Bertz CT molecular complexity index is 601. The van der Waals surface area contributed by atoms with Gasteiger partial charge >= 0.3 is 0 Å². The molecule has 6 nitrogen and oxygen atoms in total. The minimum Gasteiger partial charge on any atom is -0.490 e. The fraction of sp³-hybridized carbons (Fsp3) is 0.308. The Morgan fingerprint density at radius 3 is 2.79 bits per heavy atom. The van der Waals surface area contributed by atoms with Crippen molar-refractivity contribution in [2.75, 3.05) is 6.61 Å². The predicted octanol–water partition coefficient (Wildman–Crippen LogP) is 2.23. The normalized spacial score (nSPS) is 9.95. The number of ether oxygens (including phenoxy) is 2. The molecule has 6 heteroatoms. The van der Waals surface area contributed by atoms with Crippen LogP contribution in [-0.2, 0) is 6.61 Å². The lowest BCUT2D eigenvalue weighted by molar-refractivity contribution is 0.228. The van der Waals surface area contributed by atoms with Crippen molar-refractivity contribution in [2.24, 2.45) is 0 Å². The third-order valence-corrected chi connectivity index (χ3v) is 2.29. The number of nitriles is 1. The SMILES string of the molecule is CCOc1cc(C#N)ccc1OCc1nc(C)no1. The van der Waals surface area contributed by atoms with Crippen molar-refractivity contribution >= 4 is 0 Å². The van der Waals surface area contributed by atoms with Gasteiger partial charge in [0.25, 0.3) is 5.89 Å². The lowest BCUT2D eigenvalue weighted by Crippen LogP contribution is -2.00. The zero-order valence-corrected chi connectivity index (χ0v) is 10.7. The molecule has 2 rings (SSSR count). The lowest BCUT2D eigenvalue weighted by atomic mass is 10.2. The molecule has 98 valence electrons. The summed E-state index contributed by atoms with van der Waals surface area (Å²) in [7, 11) is 0. The van der Waals surface area contributed by atoms with Gasteiger partial charge in [0.05, 0.1) is 18.2 Å². The summed E-state index contributed by atoms with van der Waals surface area (Å²) in [5.74, 6) is 2.02. The second-order valence-electron chi connectivity index (χ2n) is 3.73. The molecule has 0 bridgehead atoms. The third-order valence-electron chi connectivity index (χ3n) is 2.29. The van der Waals surface area contributed by atoms with Gasteiger partial charge in [0.2, 0.25) is 0 Å². The number of aromatic nitrogens is 2. The van der Waals surface area contributed by atoms with E-state index >= 15 is 0 Å². The number of nitrogens with zero attached hydrogens (tertiary/aromatic N) is 3. The van der Waals surface area contributed by atoms with Crippen LogP contribution in [0.4, 0.5) is 0 Å². The number of aryl methyl sites for hydroxylation is 1. The Balaban J connectivity index is 2.12. The highest BCUT2D eigenvalue weighted by Gasteiger charge is 2.09. The second-order valence-corrected chi connectivity index (χ2v) is 3.73. The van der Waals surface area contributed by atoms with Crippen LogP contribution in [0.2, 0.25) is 0 Å². The van der Waals surface area contributed by atoms with Crippen molar-refractivity contribution < 1.29 is 14.0 Å². The van der Waals surface area contributed by atoms with Crippen LogP contribution in [0.1, 0.15) is 24.2 Å². The fourth-order valence-corrected chi connectivity index (χ4v) is 1.50. The average molecular weight is 259 g/mol. The van der Waals surface area contributed by atoms with E-state index < -0.39 is 0 Å². The van der Waals surface area contributed by atoms with Crippen LogP contribution in [-0.4, -0.2) is 16.7 Å².